The molecule has 1 aliphatic rings. The molecule has 0 radical (unpaired) electrons. The summed E-state index contributed by atoms with van der Waals surface area (Å²) in [5, 5.41) is 12.8. The van der Waals surface area contributed by atoms with Crippen LogP contribution in [0.4, 0.5) is 0 Å². The van der Waals surface area contributed by atoms with Crippen molar-refractivity contribution < 1.29 is 0 Å². The predicted molar refractivity (Wildman–Crippen MR) is 69.7 cm³/mol. The van der Waals surface area contributed by atoms with Crippen LogP contribution in [0.2, 0.25) is 0 Å². The van der Waals surface area contributed by atoms with E-state index in [1.807, 2.05) is 0 Å². The largest absolute Gasteiger partial charge is 0.295 e. The van der Waals surface area contributed by atoms with Crippen molar-refractivity contribution in [1.29, 1.82) is 5.26 Å². The van der Waals surface area contributed by atoms with E-state index in [2.05, 4.69) is 43.4 Å². The smallest absolute Gasteiger partial charge is 0.121 e. The van der Waals surface area contributed by atoms with Gasteiger partial charge in [0.05, 0.1) is 6.07 Å². The molecule has 0 aromatic heterocycles. The van der Waals surface area contributed by atoms with Gasteiger partial charge in [0.25, 0.3) is 0 Å². The Hall–Kier alpha value is -1.33. The van der Waals surface area contributed by atoms with Gasteiger partial charge in [-0.3, -0.25) is 5.32 Å². The summed E-state index contributed by atoms with van der Waals surface area (Å²) in [6.07, 6.45) is 5.01. The van der Waals surface area contributed by atoms with E-state index in [0.717, 1.165) is 5.56 Å². The molecule has 1 unspecified atom stereocenters. The molecule has 1 N–H and O–H groups in total. The van der Waals surface area contributed by atoms with Gasteiger partial charge in [0.1, 0.15) is 6.04 Å². The minimum Gasteiger partial charge on any atom is -0.295 e. The van der Waals surface area contributed by atoms with Crippen LogP contribution in [-0.2, 0) is 0 Å². The van der Waals surface area contributed by atoms with E-state index in [-0.39, 0.29) is 6.04 Å². The Morgan fingerprint density at radius 3 is 2.29 bits per heavy atom. The Labute approximate surface area is 104 Å². The van der Waals surface area contributed by atoms with Crippen molar-refractivity contribution in [2.75, 3.05) is 0 Å². The van der Waals surface area contributed by atoms with Crippen LogP contribution in [-0.4, -0.2) is 6.04 Å². The number of rotatable bonds is 3. The van der Waals surface area contributed by atoms with Crippen LogP contribution in [0, 0.1) is 25.2 Å². The Kier molecular flexibility index (Phi) is 3.81. The van der Waals surface area contributed by atoms with Gasteiger partial charge in [-0.15, -0.1) is 0 Å². The molecule has 17 heavy (non-hydrogen) atoms. The lowest BCUT2D eigenvalue weighted by atomic mass is 10.0. The van der Waals surface area contributed by atoms with E-state index in [1.165, 1.54) is 36.8 Å². The summed E-state index contributed by atoms with van der Waals surface area (Å²) >= 11 is 0. The molecule has 0 amide bonds. The second-order valence-corrected chi connectivity index (χ2v) is 5.13. The van der Waals surface area contributed by atoms with E-state index < -0.39 is 0 Å². The number of aryl methyl sites for hydroxylation is 2. The third-order valence-corrected chi connectivity index (χ3v) is 3.46. The number of hydrogen-bond acceptors (Lipinski definition) is 2. The van der Waals surface area contributed by atoms with E-state index in [0.29, 0.717) is 6.04 Å². The first-order valence-electron chi connectivity index (χ1n) is 6.43. The fourth-order valence-electron chi connectivity index (χ4n) is 2.71. The minimum absolute atomic E-state index is 0.156. The summed E-state index contributed by atoms with van der Waals surface area (Å²) in [5.74, 6) is 0. The molecule has 0 bridgehead atoms. The van der Waals surface area contributed by atoms with Gasteiger partial charge in [-0.25, -0.2) is 0 Å². The van der Waals surface area contributed by atoms with Gasteiger partial charge in [-0.2, -0.15) is 5.26 Å². The zero-order chi connectivity index (χ0) is 12.3. The first-order valence-corrected chi connectivity index (χ1v) is 6.43. The number of hydrogen-bond donors (Lipinski definition) is 1. The van der Waals surface area contributed by atoms with E-state index in [9.17, 15) is 5.26 Å². The van der Waals surface area contributed by atoms with Gasteiger partial charge < -0.3 is 0 Å². The molecular formula is C15H20N2. The number of nitriles is 1. The second kappa shape index (κ2) is 5.33. The van der Waals surface area contributed by atoms with Crippen molar-refractivity contribution in [3.63, 3.8) is 0 Å². The minimum atomic E-state index is -0.156. The molecule has 1 aromatic rings. The second-order valence-electron chi connectivity index (χ2n) is 5.13. The summed E-state index contributed by atoms with van der Waals surface area (Å²) in [4.78, 5) is 0. The van der Waals surface area contributed by atoms with Gasteiger partial charge >= 0.3 is 0 Å². The third kappa shape index (κ3) is 3.08. The summed E-state index contributed by atoms with van der Waals surface area (Å²) < 4.78 is 0. The average molecular weight is 228 g/mol. The van der Waals surface area contributed by atoms with Gasteiger partial charge in [-0.05, 0) is 32.3 Å². The Morgan fingerprint density at radius 2 is 1.76 bits per heavy atom. The maximum atomic E-state index is 9.31. The van der Waals surface area contributed by atoms with Crippen LogP contribution in [0.15, 0.2) is 18.2 Å². The Bertz CT molecular complexity index is 405. The summed E-state index contributed by atoms with van der Waals surface area (Å²) in [5.41, 5.74) is 3.57. The summed E-state index contributed by atoms with van der Waals surface area (Å²) in [6.45, 7) is 4.17. The summed E-state index contributed by atoms with van der Waals surface area (Å²) in [7, 11) is 0. The van der Waals surface area contributed by atoms with Crippen molar-refractivity contribution >= 4 is 0 Å². The van der Waals surface area contributed by atoms with Gasteiger partial charge in [-0.1, -0.05) is 42.2 Å². The first kappa shape index (κ1) is 12.1. The fraction of sp³-hybridized carbons (Fsp3) is 0.533. The molecule has 2 rings (SSSR count). The van der Waals surface area contributed by atoms with Crippen LogP contribution in [0.5, 0.6) is 0 Å². The van der Waals surface area contributed by atoms with E-state index >= 15 is 0 Å². The predicted octanol–water partition coefficient (Wildman–Crippen LogP) is 3.40. The van der Waals surface area contributed by atoms with Crippen LogP contribution in [0.3, 0.4) is 0 Å². The molecule has 1 aliphatic carbocycles. The molecule has 2 heteroatoms. The maximum Gasteiger partial charge on any atom is 0.121 e. The Balaban J connectivity index is 2.14. The number of nitrogens with zero attached hydrogens (tertiary/aromatic N) is 1. The zero-order valence-corrected chi connectivity index (χ0v) is 10.7. The Morgan fingerprint density at radius 1 is 1.18 bits per heavy atom. The highest BCUT2D eigenvalue weighted by Crippen LogP contribution is 2.23. The fourth-order valence-corrected chi connectivity index (χ4v) is 2.71. The molecule has 1 aromatic carbocycles. The first-order chi connectivity index (χ1) is 8.19. The van der Waals surface area contributed by atoms with Crippen LogP contribution in [0.1, 0.15) is 48.4 Å². The van der Waals surface area contributed by atoms with Crippen molar-refractivity contribution in [2.45, 2.75) is 51.6 Å². The SMILES string of the molecule is Cc1cc(C)cc(C(C#N)NC2CCCC2)c1. The van der Waals surface area contributed by atoms with Crippen LogP contribution >= 0.6 is 0 Å². The standard InChI is InChI=1S/C15H20N2/c1-11-7-12(2)9-13(8-11)15(10-16)17-14-5-3-4-6-14/h7-9,14-15,17H,3-6H2,1-2H3. The third-order valence-electron chi connectivity index (χ3n) is 3.46. The van der Waals surface area contributed by atoms with Gasteiger partial charge in [0.15, 0.2) is 0 Å². The summed E-state index contributed by atoms with van der Waals surface area (Å²) in [6, 6.07) is 9.14. The molecule has 2 nitrogen and oxygen atoms in total. The topological polar surface area (TPSA) is 35.8 Å². The quantitative estimate of drug-likeness (QED) is 0.860. The highest BCUT2D eigenvalue weighted by atomic mass is 15.0. The van der Waals surface area contributed by atoms with Gasteiger partial charge in [0, 0.05) is 6.04 Å². The highest BCUT2D eigenvalue weighted by Gasteiger charge is 2.20. The molecule has 1 saturated carbocycles. The van der Waals surface area contributed by atoms with Crippen molar-refractivity contribution in [2.24, 2.45) is 0 Å². The molecule has 0 spiro atoms. The zero-order valence-electron chi connectivity index (χ0n) is 10.7. The normalized spacial score (nSPS) is 17.9. The number of nitrogens with one attached hydrogen (secondary N) is 1. The molecule has 90 valence electrons. The molecule has 0 saturated heterocycles. The molecule has 0 aliphatic heterocycles. The van der Waals surface area contributed by atoms with Gasteiger partial charge in [0.2, 0.25) is 0 Å². The van der Waals surface area contributed by atoms with Crippen LogP contribution < -0.4 is 5.32 Å². The van der Waals surface area contributed by atoms with Crippen LogP contribution in [0.25, 0.3) is 0 Å². The van der Waals surface area contributed by atoms with Crippen molar-refractivity contribution in [3.8, 4) is 6.07 Å². The van der Waals surface area contributed by atoms with Crippen molar-refractivity contribution in [1.82, 2.24) is 5.32 Å². The highest BCUT2D eigenvalue weighted by molar-refractivity contribution is 5.33. The molecule has 1 atom stereocenters. The molecule has 0 heterocycles. The lowest BCUT2D eigenvalue weighted by Gasteiger charge is -2.18. The number of benzene rings is 1. The van der Waals surface area contributed by atoms with E-state index in [4.69, 9.17) is 0 Å². The van der Waals surface area contributed by atoms with E-state index in [1.54, 1.807) is 0 Å². The lowest BCUT2D eigenvalue weighted by molar-refractivity contribution is 0.492. The monoisotopic (exact) mass is 228 g/mol. The van der Waals surface area contributed by atoms with Crippen molar-refractivity contribution in [3.05, 3.63) is 34.9 Å². The molecular weight excluding hydrogens is 208 g/mol. The molecule has 1 fully saturated rings. The average Bonchev–Trinajstić information content (AvgIpc) is 2.77. The lowest BCUT2D eigenvalue weighted by Crippen LogP contribution is -2.29. The maximum absolute atomic E-state index is 9.31.